The first-order valence-corrected chi connectivity index (χ1v) is 11.6. The molecule has 0 spiro atoms. The SMILES string of the molecule is O=C1c2ccccc2C(=O)N1CCCN1CCOC(c2ccccc2)(c2ccccc2)CC1. The molecule has 0 radical (unpaired) electrons. The fraction of sp³-hybridized carbons (Fsp3) is 0.286. The van der Waals surface area contributed by atoms with E-state index in [9.17, 15) is 9.59 Å². The Labute approximate surface area is 194 Å². The highest BCUT2D eigenvalue weighted by Crippen LogP contribution is 2.38. The molecule has 0 aliphatic carbocycles. The number of ether oxygens (including phenoxy) is 1. The molecule has 5 heteroatoms. The van der Waals surface area contributed by atoms with E-state index in [1.54, 1.807) is 24.3 Å². The number of rotatable bonds is 6. The summed E-state index contributed by atoms with van der Waals surface area (Å²) in [6.07, 6.45) is 1.59. The van der Waals surface area contributed by atoms with Gasteiger partial charge < -0.3 is 9.64 Å². The van der Waals surface area contributed by atoms with Gasteiger partial charge in [-0.25, -0.2) is 0 Å². The lowest BCUT2D eigenvalue weighted by molar-refractivity contribution is -0.0101. The summed E-state index contributed by atoms with van der Waals surface area (Å²) in [4.78, 5) is 29.0. The minimum Gasteiger partial charge on any atom is -0.364 e. The highest BCUT2D eigenvalue weighted by atomic mass is 16.5. The Bertz CT molecular complexity index is 1060. The molecule has 2 aliphatic heterocycles. The Morgan fingerprint density at radius 3 is 1.82 bits per heavy atom. The molecule has 0 aromatic heterocycles. The van der Waals surface area contributed by atoms with Crippen LogP contribution in [0.5, 0.6) is 0 Å². The quantitative estimate of drug-likeness (QED) is 0.535. The third-order valence-electron chi connectivity index (χ3n) is 6.75. The number of fused-ring (bicyclic) bond motifs is 1. The second-order valence-corrected chi connectivity index (χ2v) is 8.66. The zero-order chi connectivity index (χ0) is 22.7. The minimum atomic E-state index is -0.472. The van der Waals surface area contributed by atoms with Crippen LogP contribution in [0.4, 0.5) is 0 Å². The highest BCUT2D eigenvalue weighted by molar-refractivity contribution is 6.21. The van der Waals surface area contributed by atoms with Crippen LogP contribution < -0.4 is 0 Å². The predicted octanol–water partition coefficient (Wildman–Crippen LogP) is 4.34. The van der Waals surface area contributed by atoms with Crippen molar-refractivity contribution in [2.75, 3.05) is 32.8 Å². The van der Waals surface area contributed by atoms with Crippen LogP contribution in [0.1, 0.15) is 44.7 Å². The second-order valence-electron chi connectivity index (χ2n) is 8.66. The third kappa shape index (κ3) is 4.10. The molecule has 0 unspecified atom stereocenters. The van der Waals surface area contributed by atoms with Crippen molar-refractivity contribution in [3.05, 3.63) is 107 Å². The Kier molecular flexibility index (Phi) is 6.07. The number of hydrogen-bond acceptors (Lipinski definition) is 4. The van der Waals surface area contributed by atoms with Crippen molar-refractivity contribution in [2.24, 2.45) is 0 Å². The number of benzene rings is 3. The van der Waals surface area contributed by atoms with E-state index in [0.29, 0.717) is 24.3 Å². The van der Waals surface area contributed by atoms with Crippen molar-refractivity contribution in [2.45, 2.75) is 18.4 Å². The van der Waals surface area contributed by atoms with E-state index in [1.807, 2.05) is 12.1 Å². The van der Waals surface area contributed by atoms with Gasteiger partial charge in [0.25, 0.3) is 11.8 Å². The molecule has 1 fully saturated rings. The van der Waals surface area contributed by atoms with E-state index in [-0.39, 0.29) is 11.8 Å². The van der Waals surface area contributed by atoms with Crippen LogP contribution in [0.3, 0.4) is 0 Å². The van der Waals surface area contributed by atoms with Gasteiger partial charge in [0, 0.05) is 19.6 Å². The molecule has 2 amide bonds. The van der Waals surface area contributed by atoms with Crippen molar-refractivity contribution in [3.63, 3.8) is 0 Å². The number of nitrogens with zero attached hydrogens (tertiary/aromatic N) is 2. The van der Waals surface area contributed by atoms with Crippen LogP contribution in [0.15, 0.2) is 84.9 Å². The maximum Gasteiger partial charge on any atom is 0.261 e. The molecule has 0 atom stereocenters. The number of amides is 2. The van der Waals surface area contributed by atoms with Crippen LogP contribution >= 0.6 is 0 Å². The summed E-state index contributed by atoms with van der Waals surface area (Å²) in [5.74, 6) is -0.357. The number of carbonyl (C=O) groups is 2. The topological polar surface area (TPSA) is 49.9 Å². The van der Waals surface area contributed by atoms with E-state index in [2.05, 4.69) is 53.4 Å². The van der Waals surface area contributed by atoms with Crippen molar-refractivity contribution in [1.29, 1.82) is 0 Å². The fourth-order valence-corrected chi connectivity index (χ4v) is 5.00. The fourth-order valence-electron chi connectivity index (χ4n) is 5.00. The Morgan fingerprint density at radius 1 is 0.697 bits per heavy atom. The molecule has 0 bridgehead atoms. The van der Waals surface area contributed by atoms with Gasteiger partial charge >= 0.3 is 0 Å². The summed E-state index contributed by atoms with van der Waals surface area (Å²) in [5.41, 5.74) is 2.90. The Morgan fingerprint density at radius 2 is 1.24 bits per heavy atom. The zero-order valence-corrected chi connectivity index (χ0v) is 18.7. The van der Waals surface area contributed by atoms with E-state index >= 15 is 0 Å². The number of hydrogen-bond donors (Lipinski definition) is 0. The normalized spacial score (nSPS) is 18.2. The number of imide groups is 1. The van der Waals surface area contributed by atoms with Crippen LogP contribution in [0.25, 0.3) is 0 Å². The molecule has 3 aromatic carbocycles. The van der Waals surface area contributed by atoms with Crippen LogP contribution in [-0.4, -0.2) is 54.4 Å². The van der Waals surface area contributed by atoms with Gasteiger partial charge in [-0.15, -0.1) is 0 Å². The molecule has 0 saturated carbocycles. The lowest BCUT2D eigenvalue weighted by Gasteiger charge is -2.34. The van der Waals surface area contributed by atoms with Crippen LogP contribution in [-0.2, 0) is 10.3 Å². The Hall–Kier alpha value is -3.28. The standard InChI is InChI=1S/C28H28N2O3/c31-26-24-14-7-8-15-25(24)27(32)30(26)18-9-17-29-19-16-28(33-21-20-29,22-10-3-1-4-11-22)23-12-5-2-6-13-23/h1-8,10-15H,9,16-21H2. The lowest BCUT2D eigenvalue weighted by atomic mass is 9.83. The van der Waals surface area contributed by atoms with Crippen LogP contribution in [0.2, 0.25) is 0 Å². The second kappa shape index (κ2) is 9.30. The smallest absolute Gasteiger partial charge is 0.261 e. The molecule has 1 saturated heterocycles. The van der Waals surface area contributed by atoms with Crippen molar-refractivity contribution >= 4 is 11.8 Å². The summed E-state index contributed by atoms with van der Waals surface area (Å²) in [7, 11) is 0. The first-order chi connectivity index (χ1) is 16.2. The van der Waals surface area contributed by atoms with Gasteiger partial charge in [0.2, 0.25) is 0 Å². The third-order valence-corrected chi connectivity index (χ3v) is 6.75. The van der Waals surface area contributed by atoms with Gasteiger partial charge in [0.15, 0.2) is 0 Å². The summed E-state index contributed by atoms with van der Waals surface area (Å²) in [6, 6.07) is 28.0. The predicted molar refractivity (Wildman–Crippen MR) is 127 cm³/mol. The molecule has 2 aliphatic rings. The lowest BCUT2D eigenvalue weighted by Crippen LogP contribution is -2.35. The largest absolute Gasteiger partial charge is 0.364 e. The van der Waals surface area contributed by atoms with Gasteiger partial charge in [0.1, 0.15) is 5.60 Å². The first-order valence-electron chi connectivity index (χ1n) is 11.6. The molecule has 0 N–H and O–H groups in total. The average Bonchev–Trinajstić information content (AvgIpc) is 3.01. The van der Waals surface area contributed by atoms with Gasteiger partial charge in [-0.3, -0.25) is 14.5 Å². The van der Waals surface area contributed by atoms with Crippen LogP contribution in [0, 0.1) is 0 Å². The monoisotopic (exact) mass is 440 g/mol. The van der Waals surface area contributed by atoms with Gasteiger partial charge in [-0.1, -0.05) is 72.8 Å². The summed E-state index contributed by atoms with van der Waals surface area (Å²) in [6.45, 7) is 3.58. The maximum absolute atomic E-state index is 12.6. The molecule has 3 aromatic rings. The van der Waals surface area contributed by atoms with Gasteiger partial charge in [-0.2, -0.15) is 0 Å². The number of carbonyl (C=O) groups excluding carboxylic acids is 2. The first kappa shape index (κ1) is 21.6. The molecule has 5 rings (SSSR count). The summed E-state index contributed by atoms with van der Waals surface area (Å²) in [5, 5.41) is 0. The van der Waals surface area contributed by atoms with E-state index in [4.69, 9.17) is 4.74 Å². The molecule has 5 nitrogen and oxygen atoms in total. The van der Waals surface area contributed by atoms with E-state index < -0.39 is 5.60 Å². The minimum absolute atomic E-state index is 0.179. The van der Waals surface area contributed by atoms with Crippen molar-refractivity contribution in [1.82, 2.24) is 9.80 Å². The molecule has 2 heterocycles. The molecular formula is C28H28N2O3. The summed E-state index contributed by atoms with van der Waals surface area (Å²) < 4.78 is 6.59. The highest BCUT2D eigenvalue weighted by Gasteiger charge is 2.38. The molecule has 33 heavy (non-hydrogen) atoms. The van der Waals surface area contributed by atoms with E-state index in [1.165, 1.54) is 16.0 Å². The molecular weight excluding hydrogens is 412 g/mol. The van der Waals surface area contributed by atoms with Gasteiger partial charge in [-0.05, 0) is 42.6 Å². The molecule has 168 valence electrons. The Balaban J connectivity index is 1.25. The van der Waals surface area contributed by atoms with E-state index in [0.717, 1.165) is 32.5 Å². The van der Waals surface area contributed by atoms with Crippen molar-refractivity contribution in [3.8, 4) is 0 Å². The summed E-state index contributed by atoms with van der Waals surface area (Å²) >= 11 is 0. The van der Waals surface area contributed by atoms with Crippen molar-refractivity contribution < 1.29 is 14.3 Å². The average molecular weight is 441 g/mol. The maximum atomic E-state index is 12.6. The zero-order valence-electron chi connectivity index (χ0n) is 18.7. The van der Waals surface area contributed by atoms with Gasteiger partial charge in [0.05, 0.1) is 17.7 Å².